The number of ketones is 1. The maximum atomic E-state index is 12.0. The van der Waals surface area contributed by atoms with E-state index in [-0.39, 0.29) is 5.78 Å². The number of hydrogen-bond acceptors (Lipinski definition) is 1. The van der Waals surface area contributed by atoms with Crippen molar-refractivity contribution in [2.45, 2.75) is 38.5 Å². The Balaban J connectivity index is 2.07. The molecule has 1 aliphatic rings. The molecule has 1 aliphatic carbocycles. The first kappa shape index (κ1) is 13.6. The van der Waals surface area contributed by atoms with Gasteiger partial charge in [0, 0.05) is 16.5 Å². The molecule has 0 spiro atoms. The van der Waals surface area contributed by atoms with Crippen molar-refractivity contribution < 1.29 is 4.79 Å². The normalized spacial score (nSPS) is 15.6. The minimum absolute atomic E-state index is 0.0990. The smallest absolute Gasteiger partial charge is 0.160 e. The number of allylic oxidation sites excluding steroid dienone is 2. The van der Waals surface area contributed by atoms with Crippen molar-refractivity contribution in [3.8, 4) is 0 Å². The van der Waals surface area contributed by atoms with E-state index in [1.54, 1.807) is 24.3 Å². The van der Waals surface area contributed by atoms with Crippen LogP contribution in [0.4, 0.5) is 0 Å². The van der Waals surface area contributed by atoms with E-state index in [4.69, 9.17) is 23.2 Å². The average Bonchev–Trinajstić information content (AvgIpc) is 2.35. The maximum Gasteiger partial charge on any atom is 0.160 e. The number of carbonyl (C=O) groups excluding carboxylic acids is 1. The minimum atomic E-state index is 0.0990. The van der Waals surface area contributed by atoms with Crippen LogP contribution in [0.1, 0.15) is 37.7 Å². The van der Waals surface area contributed by atoms with Gasteiger partial charge < -0.3 is 0 Å². The summed E-state index contributed by atoms with van der Waals surface area (Å²) in [7, 11) is 0. The fourth-order valence-corrected chi connectivity index (χ4v) is 2.84. The van der Waals surface area contributed by atoms with Crippen LogP contribution in [0.5, 0.6) is 0 Å². The first-order valence-corrected chi connectivity index (χ1v) is 7.07. The Bertz CT molecular complexity index is 449. The lowest BCUT2D eigenvalue weighted by Crippen LogP contribution is -2.03. The highest BCUT2D eigenvalue weighted by Crippen LogP contribution is 2.26. The predicted octanol–water partition coefficient (Wildman–Crippen LogP) is 5.00. The number of benzene rings is 1. The first-order valence-electron chi connectivity index (χ1n) is 6.32. The lowest BCUT2D eigenvalue weighted by molar-refractivity contribution is -0.114. The molecule has 0 N–H and O–H groups in total. The SMILES string of the molecule is O=C(C=C1CCCCC1)Cc1c(Cl)cccc1Cl. The number of halogens is 2. The Morgan fingerprint density at radius 2 is 1.72 bits per heavy atom. The third kappa shape index (κ3) is 3.60. The molecule has 0 saturated heterocycles. The van der Waals surface area contributed by atoms with Crippen LogP contribution in [0.3, 0.4) is 0 Å². The van der Waals surface area contributed by atoms with E-state index in [9.17, 15) is 4.79 Å². The standard InChI is InChI=1S/C15H16Cl2O/c16-14-7-4-8-15(17)13(14)10-12(18)9-11-5-2-1-3-6-11/h4,7-9H,1-3,5-6,10H2. The molecule has 1 aromatic carbocycles. The van der Waals surface area contributed by atoms with Crippen LogP contribution in [-0.2, 0) is 11.2 Å². The van der Waals surface area contributed by atoms with E-state index in [0.29, 0.717) is 16.5 Å². The second kappa shape index (κ2) is 6.40. The highest BCUT2D eigenvalue weighted by Gasteiger charge is 2.11. The fourth-order valence-electron chi connectivity index (χ4n) is 2.30. The monoisotopic (exact) mass is 282 g/mol. The van der Waals surface area contributed by atoms with Crippen LogP contribution in [0, 0.1) is 0 Å². The van der Waals surface area contributed by atoms with Crippen LogP contribution >= 0.6 is 23.2 Å². The summed E-state index contributed by atoms with van der Waals surface area (Å²) >= 11 is 12.1. The molecule has 1 aromatic rings. The average molecular weight is 283 g/mol. The topological polar surface area (TPSA) is 17.1 Å². The molecule has 1 fully saturated rings. The molecule has 96 valence electrons. The molecule has 0 aliphatic heterocycles. The van der Waals surface area contributed by atoms with Gasteiger partial charge in [0.1, 0.15) is 0 Å². The van der Waals surface area contributed by atoms with Crippen LogP contribution in [0.15, 0.2) is 29.8 Å². The molecule has 0 unspecified atom stereocenters. The van der Waals surface area contributed by atoms with Gasteiger partial charge in [-0.1, -0.05) is 41.3 Å². The quantitative estimate of drug-likeness (QED) is 0.714. The van der Waals surface area contributed by atoms with Crippen molar-refractivity contribution in [1.29, 1.82) is 0 Å². The Morgan fingerprint density at radius 1 is 1.11 bits per heavy atom. The molecule has 0 radical (unpaired) electrons. The fraction of sp³-hybridized carbons (Fsp3) is 0.400. The lowest BCUT2D eigenvalue weighted by Gasteiger charge is -2.13. The molecule has 0 aromatic heterocycles. The Morgan fingerprint density at radius 3 is 2.33 bits per heavy atom. The van der Waals surface area contributed by atoms with Gasteiger partial charge in [-0.05, 0) is 49.5 Å². The van der Waals surface area contributed by atoms with Gasteiger partial charge in [0.2, 0.25) is 0 Å². The lowest BCUT2D eigenvalue weighted by atomic mass is 9.93. The molecule has 0 atom stereocenters. The summed E-state index contributed by atoms with van der Waals surface area (Å²) in [5.74, 6) is 0.0990. The highest BCUT2D eigenvalue weighted by atomic mass is 35.5. The molecule has 3 heteroatoms. The van der Waals surface area contributed by atoms with E-state index in [2.05, 4.69) is 0 Å². The van der Waals surface area contributed by atoms with E-state index in [0.717, 1.165) is 18.4 Å². The highest BCUT2D eigenvalue weighted by molar-refractivity contribution is 6.36. The second-order valence-corrected chi connectivity index (χ2v) is 5.52. The zero-order valence-electron chi connectivity index (χ0n) is 10.2. The molecule has 0 bridgehead atoms. The van der Waals surface area contributed by atoms with E-state index < -0.39 is 0 Å². The third-order valence-corrected chi connectivity index (χ3v) is 3.98. The van der Waals surface area contributed by atoms with Gasteiger partial charge in [-0.2, -0.15) is 0 Å². The number of carbonyl (C=O) groups is 1. The Hall–Kier alpha value is -0.790. The summed E-state index contributed by atoms with van der Waals surface area (Å²) in [6.07, 6.45) is 7.88. The summed E-state index contributed by atoms with van der Waals surface area (Å²) in [4.78, 5) is 12.0. The van der Waals surface area contributed by atoms with Gasteiger partial charge in [0.15, 0.2) is 5.78 Å². The molecule has 0 amide bonds. The van der Waals surface area contributed by atoms with Gasteiger partial charge in [-0.15, -0.1) is 0 Å². The van der Waals surface area contributed by atoms with E-state index in [1.165, 1.54) is 24.8 Å². The largest absolute Gasteiger partial charge is 0.294 e. The zero-order chi connectivity index (χ0) is 13.0. The minimum Gasteiger partial charge on any atom is -0.294 e. The van der Waals surface area contributed by atoms with Gasteiger partial charge in [0.05, 0.1) is 0 Å². The van der Waals surface area contributed by atoms with Crippen LogP contribution in [0.25, 0.3) is 0 Å². The third-order valence-electron chi connectivity index (χ3n) is 3.27. The zero-order valence-corrected chi connectivity index (χ0v) is 11.7. The molecule has 18 heavy (non-hydrogen) atoms. The molecule has 0 heterocycles. The molecular formula is C15H16Cl2O. The number of hydrogen-bond donors (Lipinski definition) is 0. The summed E-state index contributed by atoms with van der Waals surface area (Å²) in [5, 5.41) is 1.13. The van der Waals surface area contributed by atoms with Crippen LogP contribution in [0.2, 0.25) is 10.0 Å². The van der Waals surface area contributed by atoms with Crippen LogP contribution in [-0.4, -0.2) is 5.78 Å². The van der Waals surface area contributed by atoms with Crippen molar-refractivity contribution in [2.24, 2.45) is 0 Å². The summed E-state index contributed by atoms with van der Waals surface area (Å²) in [6.45, 7) is 0. The van der Waals surface area contributed by atoms with Crippen molar-refractivity contribution in [3.05, 3.63) is 45.5 Å². The van der Waals surface area contributed by atoms with Gasteiger partial charge in [-0.3, -0.25) is 4.79 Å². The summed E-state index contributed by atoms with van der Waals surface area (Å²) < 4.78 is 0. The van der Waals surface area contributed by atoms with Crippen molar-refractivity contribution >= 4 is 29.0 Å². The second-order valence-electron chi connectivity index (χ2n) is 4.71. The maximum absolute atomic E-state index is 12.0. The van der Waals surface area contributed by atoms with E-state index >= 15 is 0 Å². The Kier molecular flexibility index (Phi) is 4.85. The van der Waals surface area contributed by atoms with Gasteiger partial charge in [-0.25, -0.2) is 0 Å². The first-order chi connectivity index (χ1) is 8.66. The summed E-state index contributed by atoms with van der Waals surface area (Å²) in [5.41, 5.74) is 2.01. The van der Waals surface area contributed by atoms with Crippen molar-refractivity contribution in [2.75, 3.05) is 0 Å². The number of rotatable bonds is 3. The molecule has 1 nitrogen and oxygen atoms in total. The predicted molar refractivity (Wildman–Crippen MR) is 76.3 cm³/mol. The molecule has 2 rings (SSSR count). The molecular weight excluding hydrogens is 267 g/mol. The molecule has 1 saturated carbocycles. The van der Waals surface area contributed by atoms with Gasteiger partial charge in [0.25, 0.3) is 0 Å². The van der Waals surface area contributed by atoms with Gasteiger partial charge >= 0.3 is 0 Å². The van der Waals surface area contributed by atoms with Crippen molar-refractivity contribution in [3.63, 3.8) is 0 Å². The Labute approximate surface area is 118 Å². The van der Waals surface area contributed by atoms with Crippen LogP contribution < -0.4 is 0 Å². The van der Waals surface area contributed by atoms with E-state index in [1.807, 2.05) is 0 Å². The van der Waals surface area contributed by atoms with Crippen molar-refractivity contribution in [1.82, 2.24) is 0 Å². The summed E-state index contributed by atoms with van der Waals surface area (Å²) in [6, 6.07) is 5.33.